The largest absolute Gasteiger partial charge is 0.444 e. The zero-order chi connectivity index (χ0) is 24.9. The molecule has 3 unspecified atom stereocenters. The van der Waals surface area contributed by atoms with Gasteiger partial charge in [0.25, 0.3) is 0 Å². The number of aliphatic hydroxyl groups excluding tert-OH is 1. The number of benzene rings is 1. The van der Waals surface area contributed by atoms with Crippen molar-refractivity contribution in [1.82, 2.24) is 10.6 Å². The molecule has 0 heterocycles. The van der Waals surface area contributed by atoms with E-state index >= 15 is 0 Å². The van der Waals surface area contributed by atoms with Gasteiger partial charge in [0, 0.05) is 18.7 Å². The lowest BCUT2D eigenvalue weighted by molar-refractivity contribution is -0.169. The fraction of sp³-hybridized carbons (Fsp3) is 0.724. The normalized spacial score (nSPS) is 38.1. The van der Waals surface area contributed by atoms with Crippen molar-refractivity contribution in [3.63, 3.8) is 0 Å². The van der Waals surface area contributed by atoms with Crippen LogP contribution in [0.5, 0.6) is 0 Å². The summed E-state index contributed by atoms with van der Waals surface area (Å²) in [6, 6.07) is 11.0. The van der Waals surface area contributed by atoms with Gasteiger partial charge in [-0.05, 0) is 107 Å². The van der Waals surface area contributed by atoms with Crippen LogP contribution in [-0.4, -0.2) is 41.4 Å². The van der Waals surface area contributed by atoms with Crippen LogP contribution >= 0.6 is 0 Å². The Labute approximate surface area is 209 Å². The number of nitrogens with one attached hydrogen (secondary N) is 2. The number of rotatable bonds is 5. The number of carbonyl (C=O) groups is 2. The second kappa shape index (κ2) is 8.79. The molecule has 1 aromatic carbocycles. The minimum atomic E-state index is -0.504. The Balaban J connectivity index is 1.25. The predicted octanol–water partition coefficient (Wildman–Crippen LogP) is 4.84. The lowest BCUT2D eigenvalue weighted by Gasteiger charge is -2.66. The highest BCUT2D eigenvalue weighted by atomic mass is 16.6. The van der Waals surface area contributed by atoms with E-state index < -0.39 is 5.60 Å². The van der Waals surface area contributed by atoms with Crippen molar-refractivity contribution in [2.45, 2.75) is 108 Å². The van der Waals surface area contributed by atoms with Gasteiger partial charge in [0.15, 0.2) is 0 Å². The van der Waals surface area contributed by atoms with Crippen molar-refractivity contribution in [2.75, 3.05) is 6.61 Å². The van der Waals surface area contributed by atoms with E-state index in [1.54, 1.807) is 0 Å². The van der Waals surface area contributed by atoms with Crippen LogP contribution in [0.15, 0.2) is 30.3 Å². The lowest BCUT2D eigenvalue weighted by atomic mass is 9.38. The Kier molecular flexibility index (Phi) is 6.18. The molecule has 35 heavy (non-hydrogen) atoms. The van der Waals surface area contributed by atoms with Crippen molar-refractivity contribution in [2.24, 2.45) is 16.7 Å². The number of ether oxygens (including phenoxy) is 1. The third-order valence-electron chi connectivity index (χ3n) is 9.17. The fourth-order valence-electron chi connectivity index (χ4n) is 8.38. The molecule has 0 spiro atoms. The zero-order valence-electron chi connectivity index (χ0n) is 21.6. The molecule has 192 valence electrons. The van der Waals surface area contributed by atoms with Gasteiger partial charge in [-0.3, -0.25) is 4.79 Å². The van der Waals surface area contributed by atoms with Gasteiger partial charge in [-0.25, -0.2) is 4.79 Å². The summed E-state index contributed by atoms with van der Waals surface area (Å²) >= 11 is 0. The first-order valence-corrected chi connectivity index (χ1v) is 13.5. The molecule has 0 aromatic heterocycles. The molecule has 4 atom stereocenters. The van der Waals surface area contributed by atoms with Crippen LogP contribution in [0.3, 0.4) is 0 Å². The topological polar surface area (TPSA) is 87.7 Å². The van der Waals surface area contributed by atoms with Gasteiger partial charge >= 0.3 is 6.09 Å². The maximum atomic E-state index is 13.9. The molecular formula is C29H42N2O4. The van der Waals surface area contributed by atoms with Gasteiger partial charge in [-0.1, -0.05) is 30.3 Å². The Morgan fingerprint density at radius 3 is 2.23 bits per heavy atom. The van der Waals surface area contributed by atoms with E-state index in [4.69, 9.17) is 4.74 Å². The van der Waals surface area contributed by atoms with Crippen molar-refractivity contribution >= 4 is 12.0 Å². The smallest absolute Gasteiger partial charge is 0.407 e. The molecule has 4 bridgehead atoms. The second-order valence-corrected chi connectivity index (χ2v) is 13.3. The van der Waals surface area contributed by atoms with Gasteiger partial charge in [0.2, 0.25) is 5.91 Å². The SMILES string of the molecule is CC(C)(C)OC(=O)NC1CCC(NC(=O)C23C[C@@H]4CC(CO)(C2)CC(c2ccccc2)(C4)C3)CC1. The Morgan fingerprint density at radius 2 is 1.60 bits per heavy atom. The van der Waals surface area contributed by atoms with Crippen LogP contribution in [-0.2, 0) is 14.9 Å². The summed E-state index contributed by atoms with van der Waals surface area (Å²) in [5, 5.41) is 16.9. The third kappa shape index (κ3) is 4.83. The van der Waals surface area contributed by atoms with Gasteiger partial charge in [-0.15, -0.1) is 0 Å². The van der Waals surface area contributed by atoms with Crippen molar-refractivity contribution in [3.8, 4) is 0 Å². The molecule has 0 radical (unpaired) electrons. The number of alkyl carbamates (subject to hydrolysis) is 1. The van der Waals surface area contributed by atoms with Crippen LogP contribution in [0.4, 0.5) is 4.79 Å². The highest BCUT2D eigenvalue weighted by molar-refractivity contribution is 5.84. The van der Waals surface area contributed by atoms with E-state index in [9.17, 15) is 14.7 Å². The maximum Gasteiger partial charge on any atom is 0.407 e. The van der Waals surface area contributed by atoms with E-state index in [0.717, 1.165) is 64.2 Å². The van der Waals surface area contributed by atoms with E-state index in [0.29, 0.717) is 5.92 Å². The number of hydrogen-bond acceptors (Lipinski definition) is 4. The Morgan fingerprint density at radius 1 is 0.943 bits per heavy atom. The molecule has 3 N–H and O–H groups in total. The summed E-state index contributed by atoms with van der Waals surface area (Å²) in [6.45, 7) is 5.78. The van der Waals surface area contributed by atoms with Gasteiger partial charge < -0.3 is 20.5 Å². The summed E-state index contributed by atoms with van der Waals surface area (Å²) in [5.41, 5.74) is 0.310. The van der Waals surface area contributed by atoms with Gasteiger partial charge in [0.05, 0.1) is 5.41 Å². The minimum Gasteiger partial charge on any atom is -0.444 e. The van der Waals surface area contributed by atoms with Crippen LogP contribution in [0, 0.1) is 16.7 Å². The fourth-order valence-corrected chi connectivity index (χ4v) is 8.38. The standard InChI is InChI=1S/C29H42N2O4/c1-26(2,3)35-25(34)31-23-11-9-22(10-12-23)30-24(33)29-15-20-13-27(17-29,19-32)16-28(14-20,18-29)21-7-5-4-6-8-21/h4-8,20,22-23,32H,9-19H2,1-3H3,(H,30,33)(H,31,34)/t20-,22?,23?,27?,28?,29?/m1/s1. The van der Waals surface area contributed by atoms with Crippen molar-refractivity contribution in [1.29, 1.82) is 0 Å². The molecule has 6 rings (SSSR count). The Hall–Kier alpha value is -2.08. The molecular weight excluding hydrogens is 440 g/mol. The minimum absolute atomic E-state index is 0.00422. The molecule has 5 fully saturated rings. The molecule has 6 heteroatoms. The van der Waals surface area contributed by atoms with E-state index in [1.165, 1.54) is 5.56 Å². The number of carbonyl (C=O) groups excluding carboxylic acids is 2. The monoisotopic (exact) mass is 482 g/mol. The van der Waals surface area contributed by atoms with E-state index in [1.807, 2.05) is 20.8 Å². The van der Waals surface area contributed by atoms with Gasteiger partial charge in [-0.2, -0.15) is 0 Å². The van der Waals surface area contributed by atoms with Crippen LogP contribution in [0.2, 0.25) is 0 Å². The third-order valence-corrected chi connectivity index (χ3v) is 9.17. The highest BCUT2D eigenvalue weighted by Crippen LogP contribution is 2.70. The summed E-state index contributed by atoms with van der Waals surface area (Å²) < 4.78 is 5.40. The van der Waals surface area contributed by atoms with E-state index in [-0.39, 0.29) is 46.9 Å². The number of aliphatic hydroxyl groups is 1. The average Bonchev–Trinajstić information content (AvgIpc) is 2.79. The predicted molar refractivity (Wildman–Crippen MR) is 135 cm³/mol. The quantitative estimate of drug-likeness (QED) is 0.560. The molecule has 5 saturated carbocycles. The number of amides is 2. The molecule has 2 amide bonds. The second-order valence-electron chi connectivity index (χ2n) is 13.3. The lowest BCUT2D eigenvalue weighted by Crippen LogP contribution is -2.64. The molecule has 0 saturated heterocycles. The van der Waals surface area contributed by atoms with Crippen molar-refractivity contribution in [3.05, 3.63) is 35.9 Å². The van der Waals surface area contributed by atoms with E-state index in [2.05, 4.69) is 41.0 Å². The molecule has 6 nitrogen and oxygen atoms in total. The molecule has 0 aliphatic heterocycles. The van der Waals surface area contributed by atoms with Crippen LogP contribution in [0.1, 0.15) is 90.5 Å². The molecule has 5 aliphatic rings. The molecule has 5 aliphatic carbocycles. The summed E-state index contributed by atoms with van der Waals surface area (Å²) in [5.74, 6) is 0.696. The van der Waals surface area contributed by atoms with Crippen LogP contribution in [0.25, 0.3) is 0 Å². The first-order chi connectivity index (χ1) is 16.5. The van der Waals surface area contributed by atoms with Gasteiger partial charge in [0.1, 0.15) is 5.60 Å². The summed E-state index contributed by atoms with van der Waals surface area (Å²) in [6.07, 6.45) is 8.87. The zero-order valence-corrected chi connectivity index (χ0v) is 21.6. The maximum absolute atomic E-state index is 13.9. The molecule has 1 aromatic rings. The highest BCUT2D eigenvalue weighted by Gasteiger charge is 2.65. The first-order valence-electron chi connectivity index (χ1n) is 13.5. The number of hydrogen-bond donors (Lipinski definition) is 3. The average molecular weight is 483 g/mol. The summed E-state index contributed by atoms with van der Waals surface area (Å²) in [7, 11) is 0. The first kappa shape index (κ1) is 24.6. The summed E-state index contributed by atoms with van der Waals surface area (Å²) in [4.78, 5) is 26.1. The Bertz CT molecular complexity index is 951. The van der Waals surface area contributed by atoms with Crippen LogP contribution < -0.4 is 10.6 Å². The van der Waals surface area contributed by atoms with Crippen molar-refractivity contribution < 1.29 is 19.4 Å².